The molecular formula is C47H43N. The zero-order valence-electron chi connectivity index (χ0n) is 28.1. The first-order chi connectivity index (χ1) is 23.7. The Morgan fingerprint density at radius 2 is 1.50 bits per heavy atom. The summed E-state index contributed by atoms with van der Waals surface area (Å²) >= 11 is 0. The van der Waals surface area contributed by atoms with E-state index in [9.17, 15) is 0 Å². The van der Waals surface area contributed by atoms with Crippen LogP contribution in [0, 0.1) is 6.92 Å². The molecule has 0 spiro atoms. The molecule has 0 aliphatic heterocycles. The molecule has 0 fully saturated rings. The fourth-order valence-corrected chi connectivity index (χ4v) is 8.43. The van der Waals surface area contributed by atoms with Crippen molar-refractivity contribution in [3.63, 3.8) is 0 Å². The number of hydrogen-bond acceptors (Lipinski definition) is 1. The molecule has 0 saturated heterocycles. The van der Waals surface area contributed by atoms with Gasteiger partial charge in [0.2, 0.25) is 0 Å². The maximum absolute atomic E-state index is 4.04. The molecule has 3 aliphatic rings. The summed E-state index contributed by atoms with van der Waals surface area (Å²) in [5.74, 6) is 0. The third-order valence-corrected chi connectivity index (χ3v) is 10.6. The van der Waals surface area contributed by atoms with Gasteiger partial charge in [-0.05, 0) is 118 Å². The van der Waals surface area contributed by atoms with Crippen molar-refractivity contribution in [2.75, 3.05) is 5.32 Å². The number of aryl methyl sites for hydroxylation is 2. The second-order valence-corrected chi connectivity index (χ2v) is 13.5. The highest BCUT2D eigenvalue weighted by Gasteiger charge is 2.48. The maximum atomic E-state index is 4.04. The number of fused-ring (bicyclic) bond motifs is 2. The van der Waals surface area contributed by atoms with Crippen LogP contribution in [0.3, 0.4) is 0 Å². The Labute approximate surface area is 286 Å². The largest absolute Gasteiger partial charge is 0.358 e. The molecular weight excluding hydrogens is 579 g/mol. The molecule has 1 unspecified atom stereocenters. The number of hydrogen-bond donors (Lipinski definition) is 1. The van der Waals surface area contributed by atoms with E-state index in [0.29, 0.717) is 0 Å². The average molecular weight is 622 g/mol. The fourth-order valence-electron chi connectivity index (χ4n) is 8.43. The third kappa shape index (κ3) is 5.10. The van der Waals surface area contributed by atoms with Gasteiger partial charge < -0.3 is 5.32 Å². The van der Waals surface area contributed by atoms with E-state index in [1.54, 1.807) is 0 Å². The second kappa shape index (κ2) is 12.8. The van der Waals surface area contributed by atoms with Crippen LogP contribution in [0.25, 0.3) is 27.8 Å². The second-order valence-electron chi connectivity index (χ2n) is 13.5. The van der Waals surface area contributed by atoms with Gasteiger partial charge in [-0.1, -0.05) is 141 Å². The summed E-state index contributed by atoms with van der Waals surface area (Å²) < 4.78 is 0. The van der Waals surface area contributed by atoms with Crippen molar-refractivity contribution in [3.05, 3.63) is 190 Å². The summed E-state index contributed by atoms with van der Waals surface area (Å²) in [7, 11) is 0. The number of benzene rings is 5. The molecule has 1 N–H and O–H groups in total. The Morgan fingerprint density at radius 1 is 0.708 bits per heavy atom. The van der Waals surface area contributed by atoms with Crippen LogP contribution in [-0.4, -0.2) is 0 Å². The van der Waals surface area contributed by atoms with Crippen molar-refractivity contribution < 1.29 is 0 Å². The minimum atomic E-state index is -0.328. The fraction of sp³-hybridized carbons (Fsp3) is 0.191. The first-order valence-electron chi connectivity index (χ1n) is 17.7. The van der Waals surface area contributed by atoms with Gasteiger partial charge in [-0.3, -0.25) is 0 Å². The van der Waals surface area contributed by atoms with Gasteiger partial charge in [0, 0.05) is 16.9 Å². The van der Waals surface area contributed by atoms with E-state index in [4.69, 9.17) is 0 Å². The number of nitrogens with one attached hydrogen (secondary N) is 1. The summed E-state index contributed by atoms with van der Waals surface area (Å²) in [5, 5.41) is 4.04. The molecule has 0 aromatic heterocycles. The van der Waals surface area contributed by atoms with E-state index in [1.165, 1.54) is 78.2 Å². The molecule has 0 bridgehead atoms. The van der Waals surface area contributed by atoms with Gasteiger partial charge >= 0.3 is 0 Å². The molecule has 0 saturated carbocycles. The molecule has 0 heterocycles. The number of rotatable bonds is 8. The van der Waals surface area contributed by atoms with Gasteiger partial charge in [0.05, 0.1) is 5.41 Å². The smallest absolute Gasteiger partial charge is 0.0707 e. The average Bonchev–Trinajstić information content (AvgIpc) is 3.44. The predicted octanol–water partition coefficient (Wildman–Crippen LogP) is 12.4. The van der Waals surface area contributed by atoms with Gasteiger partial charge in [-0.15, -0.1) is 0 Å². The van der Waals surface area contributed by atoms with E-state index >= 15 is 0 Å². The molecule has 1 heteroatoms. The van der Waals surface area contributed by atoms with Gasteiger partial charge in [0.15, 0.2) is 0 Å². The molecule has 1 atom stereocenters. The van der Waals surface area contributed by atoms with E-state index in [2.05, 4.69) is 165 Å². The Balaban J connectivity index is 1.26. The van der Waals surface area contributed by atoms with Crippen LogP contribution < -0.4 is 5.32 Å². The highest BCUT2D eigenvalue weighted by atomic mass is 14.9. The van der Waals surface area contributed by atoms with Crippen LogP contribution in [0.15, 0.2) is 162 Å². The Kier molecular flexibility index (Phi) is 8.06. The quantitative estimate of drug-likeness (QED) is 0.182. The molecule has 1 nitrogen and oxygen atoms in total. The van der Waals surface area contributed by atoms with Crippen molar-refractivity contribution in [2.45, 2.75) is 57.8 Å². The topological polar surface area (TPSA) is 12.0 Å². The van der Waals surface area contributed by atoms with Crippen LogP contribution in [0.4, 0.5) is 5.69 Å². The first kappa shape index (κ1) is 30.2. The summed E-state index contributed by atoms with van der Waals surface area (Å²) in [5.41, 5.74) is 18.5. The van der Waals surface area contributed by atoms with Crippen LogP contribution in [0.1, 0.15) is 66.8 Å². The monoisotopic (exact) mass is 621 g/mol. The van der Waals surface area contributed by atoms with Crippen molar-refractivity contribution in [1.29, 1.82) is 0 Å². The third-order valence-electron chi connectivity index (χ3n) is 10.6. The normalized spacial score (nSPS) is 18.2. The van der Waals surface area contributed by atoms with Crippen molar-refractivity contribution in [2.24, 2.45) is 0 Å². The van der Waals surface area contributed by atoms with Gasteiger partial charge in [-0.2, -0.15) is 0 Å². The zero-order chi connectivity index (χ0) is 32.5. The first-order valence-corrected chi connectivity index (χ1v) is 17.7. The lowest BCUT2D eigenvalue weighted by atomic mass is 9.64. The van der Waals surface area contributed by atoms with Crippen LogP contribution in [0.2, 0.25) is 0 Å². The van der Waals surface area contributed by atoms with Gasteiger partial charge in [-0.25, -0.2) is 0 Å². The SMILES string of the molecule is CCCc1cccc(NC2=CC(C3(c4ccccc4)C4=C(CCC=C4)c4ccccc43)=CCC2)c1-c1cc(-c2ccccc2)ccc1C. The van der Waals surface area contributed by atoms with E-state index in [0.717, 1.165) is 38.5 Å². The Morgan fingerprint density at radius 3 is 2.33 bits per heavy atom. The predicted molar refractivity (Wildman–Crippen MR) is 204 cm³/mol. The Bertz CT molecular complexity index is 2110. The number of allylic oxidation sites excluding steroid dienone is 8. The highest BCUT2D eigenvalue weighted by molar-refractivity contribution is 5.89. The molecule has 5 aromatic rings. The highest BCUT2D eigenvalue weighted by Crippen LogP contribution is 2.58. The summed E-state index contributed by atoms with van der Waals surface area (Å²) in [6, 6.07) is 44.9. The lowest BCUT2D eigenvalue weighted by molar-refractivity contribution is 0.735. The minimum absolute atomic E-state index is 0.328. The Hall–Kier alpha value is -5.14. The molecule has 3 aliphatic carbocycles. The maximum Gasteiger partial charge on any atom is 0.0707 e. The van der Waals surface area contributed by atoms with Gasteiger partial charge in [0.25, 0.3) is 0 Å². The molecule has 8 rings (SSSR count). The van der Waals surface area contributed by atoms with Crippen molar-refractivity contribution in [3.8, 4) is 22.3 Å². The van der Waals surface area contributed by atoms with Crippen LogP contribution in [-0.2, 0) is 11.8 Å². The van der Waals surface area contributed by atoms with E-state index < -0.39 is 0 Å². The van der Waals surface area contributed by atoms with Crippen LogP contribution >= 0.6 is 0 Å². The minimum Gasteiger partial charge on any atom is -0.358 e. The lowest BCUT2D eigenvalue weighted by Gasteiger charge is -2.37. The lowest BCUT2D eigenvalue weighted by Crippen LogP contribution is -2.31. The van der Waals surface area contributed by atoms with E-state index in [1.807, 2.05) is 0 Å². The molecule has 0 radical (unpaired) electrons. The standard InChI is InChI=1S/C47H43N/c1-3-16-35-19-14-28-45(46(35)42-31-36(30-29-33(42)2)34-17-6-4-7-18-34)48-39-23-15-22-38(32-39)47(37-20-8-5-9-21-37)43-26-12-10-24-40(43)41-25-11-13-27-44(41)47/h4-10,12-14,17-22,24,26-32,48H,3,11,15-16,23,25H2,1-2H3. The summed E-state index contributed by atoms with van der Waals surface area (Å²) in [4.78, 5) is 0. The van der Waals surface area contributed by atoms with E-state index in [-0.39, 0.29) is 5.41 Å². The molecule has 0 amide bonds. The number of anilines is 1. The molecule has 48 heavy (non-hydrogen) atoms. The molecule has 236 valence electrons. The van der Waals surface area contributed by atoms with Gasteiger partial charge in [0.1, 0.15) is 0 Å². The summed E-state index contributed by atoms with van der Waals surface area (Å²) in [6.45, 7) is 4.53. The van der Waals surface area contributed by atoms with Crippen molar-refractivity contribution >= 4 is 11.3 Å². The van der Waals surface area contributed by atoms with Crippen LogP contribution in [0.5, 0.6) is 0 Å². The summed E-state index contributed by atoms with van der Waals surface area (Å²) in [6.07, 6.45) is 16.1. The van der Waals surface area contributed by atoms with Crippen molar-refractivity contribution in [1.82, 2.24) is 0 Å². The molecule has 5 aromatic carbocycles. The zero-order valence-corrected chi connectivity index (χ0v) is 28.1.